The van der Waals surface area contributed by atoms with Gasteiger partial charge < -0.3 is 10.2 Å². The highest BCUT2D eigenvalue weighted by atomic mass is 16.4. The molecule has 0 amide bonds. The van der Waals surface area contributed by atoms with Gasteiger partial charge in [-0.05, 0) is 43.2 Å². The molecule has 0 aliphatic heterocycles. The molecule has 0 fully saturated rings. The van der Waals surface area contributed by atoms with Crippen molar-refractivity contribution in [1.29, 1.82) is 0 Å². The Bertz CT molecular complexity index is 647. The van der Waals surface area contributed by atoms with Crippen LogP contribution in [0.4, 0.5) is 0 Å². The van der Waals surface area contributed by atoms with E-state index in [0.29, 0.717) is 5.56 Å². The minimum atomic E-state index is -0.991. The Kier molecular flexibility index (Phi) is 3.89. The number of phenols is 1. The molecule has 2 aromatic rings. The monoisotopic (exact) mass is 268 g/mol. The molecule has 20 heavy (non-hydrogen) atoms. The quantitative estimate of drug-likeness (QED) is 0.660. The van der Waals surface area contributed by atoms with Crippen LogP contribution in [0.3, 0.4) is 0 Å². The van der Waals surface area contributed by atoms with Gasteiger partial charge in [-0.15, -0.1) is 0 Å². The Hall–Kier alpha value is -2.55. The highest BCUT2D eigenvalue weighted by Crippen LogP contribution is 2.22. The highest BCUT2D eigenvalue weighted by Gasteiger charge is 2.10. The van der Waals surface area contributed by atoms with Gasteiger partial charge in [0.1, 0.15) is 5.75 Å². The van der Waals surface area contributed by atoms with Gasteiger partial charge in [0, 0.05) is 0 Å². The van der Waals surface area contributed by atoms with Crippen molar-refractivity contribution in [1.82, 2.24) is 0 Å². The van der Waals surface area contributed by atoms with Crippen molar-refractivity contribution in [2.45, 2.75) is 13.8 Å². The fourth-order valence-corrected chi connectivity index (χ4v) is 2.17. The lowest BCUT2D eigenvalue weighted by molar-refractivity contribution is -0.130. The molecule has 0 aliphatic carbocycles. The highest BCUT2D eigenvalue weighted by molar-refractivity contribution is 6.20. The molecular formula is C17H16O3. The number of benzene rings is 2. The Labute approximate surface area is 117 Å². The Balaban J connectivity index is 2.50. The van der Waals surface area contributed by atoms with Crippen LogP contribution in [0.2, 0.25) is 0 Å². The van der Waals surface area contributed by atoms with E-state index >= 15 is 0 Å². The van der Waals surface area contributed by atoms with Crippen LogP contribution in [0, 0.1) is 13.8 Å². The lowest BCUT2D eigenvalue weighted by Crippen LogP contribution is -1.99. The molecule has 0 saturated heterocycles. The Morgan fingerprint density at radius 3 is 2.05 bits per heavy atom. The number of carboxylic acids is 1. The predicted octanol–water partition coefficient (Wildman–Crippen LogP) is 3.63. The molecule has 3 nitrogen and oxygen atoms in total. The lowest BCUT2D eigenvalue weighted by atomic mass is 10.0. The van der Waals surface area contributed by atoms with Crippen LogP contribution in [0.15, 0.2) is 42.5 Å². The van der Waals surface area contributed by atoms with Gasteiger partial charge >= 0.3 is 5.97 Å². The number of hydrogen-bond acceptors (Lipinski definition) is 2. The smallest absolute Gasteiger partial charge is 0.336 e. The van der Waals surface area contributed by atoms with Crippen LogP contribution in [0.5, 0.6) is 5.75 Å². The van der Waals surface area contributed by atoms with E-state index in [1.54, 1.807) is 18.2 Å². The summed E-state index contributed by atoms with van der Waals surface area (Å²) in [5.41, 5.74) is 3.80. The molecule has 0 radical (unpaired) electrons. The number of hydrogen-bond donors (Lipinski definition) is 2. The first-order chi connectivity index (χ1) is 9.45. The normalized spacial score (nSPS) is 11.4. The van der Waals surface area contributed by atoms with Crippen molar-refractivity contribution in [3.05, 3.63) is 64.7 Å². The summed E-state index contributed by atoms with van der Waals surface area (Å²) in [7, 11) is 0. The SMILES string of the molecule is Cc1cc(C)cc(/C=C(/C(=O)O)c2ccc(O)cc2)c1. The maximum Gasteiger partial charge on any atom is 0.336 e. The van der Waals surface area contributed by atoms with Gasteiger partial charge in [0.15, 0.2) is 0 Å². The van der Waals surface area contributed by atoms with Gasteiger partial charge in [0.2, 0.25) is 0 Å². The lowest BCUT2D eigenvalue weighted by Gasteiger charge is -2.05. The van der Waals surface area contributed by atoms with E-state index in [4.69, 9.17) is 0 Å². The molecule has 0 atom stereocenters. The Morgan fingerprint density at radius 1 is 1.00 bits per heavy atom. The van der Waals surface area contributed by atoms with Gasteiger partial charge in [-0.1, -0.05) is 41.5 Å². The zero-order chi connectivity index (χ0) is 14.7. The van der Waals surface area contributed by atoms with Gasteiger partial charge in [0.05, 0.1) is 5.57 Å². The van der Waals surface area contributed by atoms with Crippen molar-refractivity contribution in [3.8, 4) is 5.75 Å². The zero-order valence-corrected chi connectivity index (χ0v) is 11.4. The summed E-state index contributed by atoms with van der Waals surface area (Å²) in [6, 6.07) is 12.1. The summed E-state index contributed by atoms with van der Waals surface area (Å²) in [5.74, 6) is -0.875. The van der Waals surface area contributed by atoms with Crippen LogP contribution < -0.4 is 0 Å². The van der Waals surface area contributed by atoms with Crippen molar-refractivity contribution in [2.75, 3.05) is 0 Å². The van der Waals surface area contributed by atoms with Crippen LogP contribution in [0.1, 0.15) is 22.3 Å². The number of carbonyl (C=O) groups is 1. The fraction of sp³-hybridized carbons (Fsp3) is 0.118. The molecule has 2 aromatic carbocycles. The molecule has 3 heteroatoms. The second-order valence-corrected chi connectivity index (χ2v) is 4.83. The first-order valence-corrected chi connectivity index (χ1v) is 6.28. The number of aryl methyl sites for hydroxylation is 2. The molecule has 2 rings (SSSR count). The van der Waals surface area contributed by atoms with Gasteiger partial charge in [-0.3, -0.25) is 0 Å². The van der Waals surface area contributed by atoms with E-state index in [1.807, 2.05) is 32.0 Å². The maximum absolute atomic E-state index is 11.4. The molecule has 0 heterocycles. The summed E-state index contributed by atoms with van der Waals surface area (Å²) in [6.45, 7) is 3.96. The topological polar surface area (TPSA) is 57.5 Å². The van der Waals surface area contributed by atoms with Crippen molar-refractivity contribution >= 4 is 17.6 Å². The first-order valence-electron chi connectivity index (χ1n) is 6.28. The molecule has 0 spiro atoms. The summed E-state index contributed by atoms with van der Waals surface area (Å²) < 4.78 is 0. The molecule has 0 aliphatic rings. The van der Waals surface area contributed by atoms with E-state index in [9.17, 15) is 15.0 Å². The third-order valence-electron chi connectivity index (χ3n) is 2.96. The first kappa shape index (κ1) is 13.9. The van der Waals surface area contributed by atoms with Crippen LogP contribution >= 0.6 is 0 Å². The minimum absolute atomic E-state index is 0.116. The maximum atomic E-state index is 11.4. The predicted molar refractivity (Wildman–Crippen MR) is 79.5 cm³/mol. The van der Waals surface area contributed by atoms with Gasteiger partial charge in [0.25, 0.3) is 0 Å². The number of phenolic OH excluding ortho intramolecular Hbond substituents is 1. The average molecular weight is 268 g/mol. The molecule has 0 saturated carbocycles. The van der Waals surface area contributed by atoms with Crippen molar-refractivity contribution < 1.29 is 15.0 Å². The number of rotatable bonds is 3. The third kappa shape index (κ3) is 3.26. The molecule has 0 unspecified atom stereocenters. The van der Waals surface area contributed by atoms with Crippen molar-refractivity contribution in [2.24, 2.45) is 0 Å². The van der Waals surface area contributed by atoms with Gasteiger partial charge in [-0.2, -0.15) is 0 Å². The summed E-state index contributed by atoms with van der Waals surface area (Å²) in [6.07, 6.45) is 1.65. The van der Waals surface area contributed by atoms with Crippen LogP contribution in [0.25, 0.3) is 11.6 Å². The summed E-state index contributed by atoms with van der Waals surface area (Å²) >= 11 is 0. The van der Waals surface area contributed by atoms with E-state index in [1.165, 1.54) is 12.1 Å². The largest absolute Gasteiger partial charge is 0.508 e. The summed E-state index contributed by atoms with van der Waals surface area (Å²) in [5, 5.41) is 18.6. The third-order valence-corrected chi connectivity index (χ3v) is 2.96. The van der Waals surface area contributed by atoms with E-state index in [-0.39, 0.29) is 11.3 Å². The second-order valence-electron chi connectivity index (χ2n) is 4.83. The summed E-state index contributed by atoms with van der Waals surface area (Å²) in [4.78, 5) is 11.4. The van der Waals surface area contributed by atoms with Crippen LogP contribution in [-0.2, 0) is 4.79 Å². The standard InChI is InChI=1S/C17H16O3/c1-11-7-12(2)9-13(8-11)10-16(17(19)20)14-3-5-15(18)6-4-14/h3-10,18H,1-2H3,(H,19,20)/b16-10+. The molecule has 0 aromatic heterocycles. The molecule has 2 N–H and O–H groups in total. The Morgan fingerprint density at radius 2 is 1.55 bits per heavy atom. The molecular weight excluding hydrogens is 252 g/mol. The number of aliphatic carboxylic acids is 1. The van der Waals surface area contributed by atoms with Crippen LogP contribution in [-0.4, -0.2) is 16.2 Å². The van der Waals surface area contributed by atoms with Gasteiger partial charge in [-0.25, -0.2) is 4.79 Å². The van der Waals surface area contributed by atoms with E-state index in [0.717, 1.165) is 16.7 Å². The minimum Gasteiger partial charge on any atom is -0.508 e. The van der Waals surface area contributed by atoms with E-state index in [2.05, 4.69) is 0 Å². The number of aromatic hydroxyl groups is 1. The number of carboxylic acid groups (broad SMARTS) is 1. The fourth-order valence-electron chi connectivity index (χ4n) is 2.17. The molecule has 0 bridgehead atoms. The zero-order valence-electron chi connectivity index (χ0n) is 11.4. The van der Waals surface area contributed by atoms with E-state index < -0.39 is 5.97 Å². The second kappa shape index (κ2) is 5.61. The molecule has 102 valence electrons. The average Bonchev–Trinajstić information content (AvgIpc) is 2.36. The van der Waals surface area contributed by atoms with Crippen molar-refractivity contribution in [3.63, 3.8) is 0 Å².